The van der Waals surface area contributed by atoms with Crippen LogP contribution in [0.25, 0.3) is 16.6 Å². The number of aromatic nitrogens is 1. The molecule has 2 heterocycles. The van der Waals surface area contributed by atoms with Crippen LogP contribution in [-0.4, -0.2) is 35.4 Å². The molecular formula is C19H16BrClN2O3. The van der Waals surface area contributed by atoms with E-state index in [9.17, 15) is 9.90 Å². The third kappa shape index (κ3) is 2.93. The fourth-order valence-corrected chi connectivity index (χ4v) is 3.96. The molecule has 0 saturated carbocycles. The van der Waals surface area contributed by atoms with Crippen molar-refractivity contribution in [2.45, 2.75) is 6.04 Å². The van der Waals surface area contributed by atoms with Crippen molar-refractivity contribution in [2.24, 2.45) is 0 Å². The minimum atomic E-state index is -0.986. The third-order valence-electron chi connectivity index (χ3n) is 4.54. The van der Waals surface area contributed by atoms with E-state index in [1.54, 1.807) is 4.57 Å². The molecule has 5 nitrogen and oxygen atoms in total. The van der Waals surface area contributed by atoms with Crippen LogP contribution in [0, 0.1) is 0 Å². The van der Waals surface area contributed by atoms with E-state index >= 15 is 0 Å². The Morgan fingerprint density at radius 1 is 1.31 bits per heavy atom. The van der Waals surface area contributed by atoms with Gasteiger partial charge in [0.05, 0.1) is 29.8 Å². The van der Waals surface area contributed by atoms with Gasteiger partial charge in [-0.15, -0.1) is 0 Å². The zero-order chi connectivity index (χ0) is 18.3. The first kappa shape index (κ1) is 17.5. The summed E-state index contributed by atoms with van der Waals surface area (Å²) in [7, 11) is 0. The highest BCUT2D eigenvalue weighted by Gasteiger charge is 2.30. The molecule has 0 radical (unpaired) electrons. The summed E-state index contributed by atoms with van der Waals surface area (Å²) >= 11 is 9.79. The number of morpholine rings is 1. The minimum absolute atomic E-state index is 0.209. The van der Waals surface area contributed by atoms with Crippen molar-refractivity contribution in [1.29, 1.82) is 0 Å². The molecule has 1 fully saturated rings. The van der Waals surface area contributed by atoms with Gasteiger partial charge in [-0.25, -0.2) is 4.79 Å². The lowest BCUT2D eigenvalue weighted by molar-refractivity contribution is 0.0666. The summed E-state index contributed by atoms with van der Waals surface area (Å²) in [6.07, 6.45) is 0. The van der Waals surface area contributed by atoms with Gasteiger partial charge >= 0.3 is 5.97 Å². The van der Waals surface area contributed by atoms with Crippen molar-refractivity contribution in [3.05, 3.63) is 63.2 Å². The maximum absolute atomic E-state index is 12.3. The SMILES string of the molecule is O=C(O)c1c(C2COCCN2)c2cc(Cl)c(Br)cc2n1-c1ccccc1. The molecule has 2 aromatic carbocycles. The van der Waals surface area contributed by atoms with Gasteiger partial charge in [-0.05, 0) is 40.2 Å². The van der Waals surface area contributed by atoms with Crippen molar-refractivity contribution in [3.8, 4) is 5.69 Å². The summed E-state index contributed by atoms with van der Waals surface area (Å²) in [6, 6.07) is 12.9. The number of nitrogens with zero attached hydrogens (tertiary/aromatic N) is 1. The predicted octanol–water partition coefficient (Wildman–Crippen LogP) is 4.41. The number of benzene rings is 2. The number of rotatable bonds is 3. The van der Waals surface area contributed by atoms with Crippen LogP contribution in [0.2, 0.25) is 5.02 Å². The predicted molar refractivity (Wildman–Crippen MR) is 105 cm³/mol. The van der Waals surface area contributed by atoms with E-state index in [4.69, 9.17) is 16.3 Å². The van der Waals surface area contributed by atoms with E-state index in [0.717, 1.165) is 21.1 Å². The van der Waals surface area contributed by atoms with E-state index in [0.29, 0.717) is 30.3 Å². The minimum Gasteiger partial charge on any atom is -0.477 e. The van der Waals surface area contributed by atoms with Crippen LogP contribution in [0.3, 0.4) is 0 Å². The lowest BCUT2D eigenvalue weighted by atomic mass is 10.0. The Kier molecular flexibility index (Phi) is 4.75. The molecule has 1 atom stereocenters. The molecule has 4 rings (SSSR count). The van der Waals surface area contributed by atoms with Crippen molar-refractivity contribution in [2.75, 3.05) is 19.8 Å². The molecule has 134 valence electrons. The number of hydrogen-bond donors (Lipinski definition) is 2. The number of para-hydroxylation sites is 1. The van der Waals surface area contributed by atoms with E-state index in [1.165, 1.54) is 0 Å². The molecule has 3 aromatic rings. The van der Waals surface area contributed by atoms with Gasteiger partial charge in [0, 0.05) is 27.7 Å². The highest BCUT2D eigenvalue weighted by atomic mass is 79.9. The van der Waals surface area contributed by atoms with Crippen LogP contribution >= 0.6 is 27.5 Å². The van der Waals surface area contributed by atoms with Gasteiger partial charge in [-0.3, -0.25) is 0 Å². The van der Waals surface area contributed by atoms with Gasteiger partial charge in [0.25, 0.3) is 0 Å². The van der Waals surface area contributed by atoms with Crippen molar-refractivity contribution in [1.82, 2.24) is 9.88 Å². The monoisotopic (exact) mass is 434 g/mol. The Labute approximate surface area is 163 Å². The topological polar surface area (TPSA) is 63.5 Å². The Bertz CT molecular complexity index is 982. The van der Waals surface area contributed by atoms with E-state index in [2.05, 4.69) is 21.2 Å². The number of hydrogen-bond acceptors (Lipinski definition) is 3. The first-order chi connectivity index (χ1) is 12.6. The van der Waals surface area contributed by atoms with Crippen molar-refractivity contribution < 1.29 is 14.6 Å². The summed E-state index contributed by atoms with van der Waals surface area (Å²) in [5, 5.41) is 14.8. The molecule has 0 amide bonds. The van der Waals surface area contributed by atoms with Gasteiger partial charge in [-0.2, -0.15) is 0 Å². The smallest absolute Gasteiger partial charge is 0.353 e. The second kappa shape index (κ2) is 7.04. The van der Waals surface area contributed by atoms with E-state index in [1.807, 2.05) is 42.5 Å². The Morgan fingerprint density at radius 2 is 2.08 bits per heavy atom. The number of ether oxygens (including phenoxy) is 1. The van der Waals surface area contributed by atoms with Crippen LogP contribution in [0.1, 0.15) is 22.1 Å². The average Bonchev–Trinajstić information content (AvgIpc) is 2.98. The van der Waals surface area contributed by atoms with Gasteiger partial charge in [-0.1, -0.05) is 29.8 Å². The highest BCUT2D eigenvalue weighted by Crippen LogP contribution is 2.38. The first-order valence-electron chi connectivity index (χ1n) is 8.21. The number of halogens is 2. The van der Waals surface area contributed by atoms with E-state index in [-0.39, 0.29) is 11.7 Å². The largest absolute Gasteiger partial charge is 0.477 e. The Balaban J connectivity index is 2.10. The van der Waals surface area contributed by atoms with Gasteiger partial charge < -0.3 is 19.7 Å². The number of carbonyl (C=O) groups is 1. The zero-order valence-electron chi connectivity index (χ0n) is 13.7. The standard InChI is InChI=1S/C19H16BrClN2O3/c20-13-9-16-12(8-14(13)21)17(15-10-26-7-6-22-15)18(19(24)25)23(16)11-4-2-1-3-5-11/h1-5,8-9,15,22H,6-7,10H2,(H,24,25). The lowest BCUT2D eigenvalue weighted by Crippen LogP contribution is -2.35. The van der Waals surface area contributed by atoms with E-state index < -0.39 is 5.97 Å². The molecule has 1 aromatic heterocycles. The molecule has 0 spiro atoms. The molecule has 1 unspecified atom stereocenters. The highest BCUT2D eigenvalue weighted by molar-refractivity contribution is 9.10. The van der Waals surface area contributed by atoms with Gasteiger partial charge in [0.2, 0.25) is 0 Å². The molecule has 1 aliphatic rings. The molecular weight excluding hydrogens is 420 g/mol. The average molecular weight is 436 g/mol. The summed E-state index contributed by atoms with van der Waals surface area (Å²) in [5.41, 5.74) is 2.49. The molecule has 7 heteroatoms. The second-order valence-corrected chi connectivity index (χ2v) is 7.37. The molecule has 26 heavy (non-hydrogen) atoms. The second-order valence-electron chi connectivity index (χ2n) is 6.10. The normalized spacial score (nSPS) is 17.5. The zero-order valence-corrected chi connectivity index (χ0v) is 16.0. The quantitative estimate of drug-likeness (QED) is 0.640. The molecule has 0 aliphatic carbocycles. The maximum Gasteiger partial charge on any atom is 0.353 e. The number of fused-ring (bicyclic) bond motifs is 1. The number of carboxylic acids is 1. The van der Waals surface area contributed by atoms with Crippen molar-refractivity contribution in [3.63, 3.8) is 0 Å². The summed E-state index contributed by atoms with van der Waals surface area (Å²) in [4.78, 5) is 12.3. The number of nitrogens with one attached hydrogen (secondary N) is 1. The van der Waals surface area contributed by atoms with Crippen LogP contribution in [-0.2, 0) is 4.74 Å². The summed E-state index contributed by atoms with van der Waals surface area (Å²) in [5.74, 6) is -0.986. The van der Waals surface area contributed by atoms with Crippen LogP contribution in [0.5, 0.6) is 0 Å². The summed E-state index contributed by atoms with van der Waals surface area (Å²) in [6.45, 7) is 1.70. The van der Waals surface area contributed by atoms with Gasteiger partial charge in [0.1, 0.15) is 5.69 Å². The third-order valence-corrected chi connectivity index (χ3v) is 5.73. The van der Waals surface area contributed by atoms with Crippen LogP contribution < -0.4 is 5.32 Å². The molecule has 1 saturated heterocycles. The molecule has 0 bridgehead atoms. The summed E-state index contributed by atoms with van der Waals surface area (Å²) < 4.78 is 8.07. The van der Waals surface area contributed by atoms with Crippen LogP contribution in [0.15, 0.2) is 46.9 Å². The molecule has 1 aliphatic heterocycles. The Hall–Kier alpha value is -1.86. The lowest BCUT2D eigenvalue weighted by Gasteiger charge is -2.24. The van der Waals surface area contributed by atoms with Crippen molar-refractivity contribution >= 4 is 44.4 Å². The molecule has 2 N–H and O–H groups in total. The fourth-order valence-electron chi connectivity index (χ4n) is 3.47. The number of carboxylic acid groups (broad SMARTS) is 1. The van der Waals surface area contributed by atoms with Crippen LogP contribution in [0.4, 0.5) is 0 Å². The fraction of sp³-hybridized carbons (Fsp3) is 0.211. The number of aromatic carboxylic acids is 1. The maximum atomic E-state index is 12.3. The first-order valence-corrected chi connectivity index (χ1v) is 9.38. The van der Waals surface area contributed by atoms with Gasteiger partial charge in [0.15, 0.2) is 0 Å². The Morgan fingerprint density at radius 3 is 2.73 bits per heavy atom.